The van der Waals surface area contributed by atoms with Crippen molar-refractivity contribution in [1.82, 2.24) is 0 Å². The van der Waals surface area contributed by atoms with Crippen molar-refractivity contribution in [3.63, 3.8) is 0 Å². The summed E-state index contributed by atoms with van der Waals surface area (Å²) in [6.07, 6.45) is 4.56. The van der Waals surface area contributed by atoms with E-state index in [1.165, 1.54) is 109 Å². The average Bonchev–Trinajstić information content (AvgIpc) is 4.06. The molecule has 0 amide bonds. The van der Waals surface area contributed by atoms with E-state index in [0.29, 0.717) is 0 Å². The van der Waals surface area contributed by atoms with Gasteiger partial charge < -0.3 is 4.90 Å². The van der Waals surface area contributed by atoms with Crippen molar-refractivity contribution in [3.8, 4) is 44.5 Å². The van der Waals surface area contributed by atoms with Gasteiger partial charge in [0.2, 0.25) is 0 Å². The van der Waals surface area contributed by atoms with Gasteiger partial charge >= 0.3 is 0 Å². The van der Waals surface area contributed by atoms with Crippen LogP contribution in [0, 0.1) is 0 Å². The molecule has 1 nitrogen and oxygen atoms in total. The predicted octanol–water partition coefficient (Wildman–Crippen LogP) is 17.5. The SMILES string of the molecule is C/C(=C\C=C(/C)N(c1cccc(-c2cccc3c2C2(c4ccccc4-3)c3ccccc3-c3ccc4c(sc5ccccc54)c32)c1)c1ccc2c(c1)C(C)(C)c1ccccc1-2)c1ccccc1. The quantitative estimate of drug-likeness (QED) is 0.151. The molecule has 0 N–H and O–H groups in total. The van der Waals surface area contributed by atoms with Gasteiger partial charge in [0, 0.05) is 42.7 Å². The van der Waals surface area contributed by atoms with Crippen LogP contribution in [0.5, 0.6) is 0 Å². The van der Waals surface area contributed by atoms with Gasteiger partial charge in [-0.15, -0.1) is 11.3 Å². The van der Waals surface area contributed by atoms with Crippen LogP contribution in [-0.4, -0.2) is 0 Å². The molecule has 314 valence electrons. The summed E-state index contributed by atoms with van der Waals surface area (Å²) in [4.78, 5) is 2.46. The molecule has 1 spiro atoms. The van der Waals surface area contributed by atoms with Gasteiger partial charge in [-0.05, 0) is 139 Å². The van der Waals surface area contributed by atoms with Gasteiger partial charge in [-0.25, -0.2) is 0 Å². The first-order chi connectivity index (χ1) is 32.3. The third kappa shape index (κ3) is 5.40. The van der Waals surface area contributed by atoms with Crippen LogP contribution in [0.15, 0.2) is 218 Å². The number of fused-ring (bicyclic) bond motifs is 17. The lowest BCUT2D eigenvalue weighted by molar-refractivity contribution is 0.660. The van der Waals surface area contributed by atoms with E-state index < -0.39 is 5.41 Å². The van der Waals surface area contributed by atoms with Gasteiger partial charge in [0.05, 0.1) is 5.41 Å². The van der Waals surface area contributed by atoms with E-state index in [4.69, 9.17) is 0 Å². The Morgan fingerprint density at radius 2 is 1.02 bits per heavy atom. The van der Waals surface area contributed by atoms with Crippen molar-refractivity contribution in [2.45, 2.75) is 38.5 Å². The average molecular weight is 862 g/mol. The molecule has 9 aromatic carbocycles. The zero-order chi connectivity index (χ0) is 44.3. The number of nitrogens with zero attached hydrogens (tertiary/aromatic N) is 1. The second-order valence-corrected chi connectivity index (χ2v) is 19.9. The van der Waals surface area contributed by atoms with Gasteiger partial charge in [0.15, 0.2) is 0 Å². The molecular weight excluding hydrogens is 815 g/mol. The standard InChI is InChI=1S/C64H47NS/c1-40(42-18-6-5-7-19-42)32-33-41(2)65(45-34-35-50-47-22-8-12-28-55(47)63(3,4)58(50)39-45)44-21-16-20-43(38-44)46-26-17-27-52-48-23-9-13-29-56(48)64(60(46)52)57-30-14-10-24-49(57)53-36-37-54-51-25-11-15-31-59(51)66-62(54)61(53)64/h5-39H,1-4H3/b40-32+,41-33+. The molecule has 1 unspecified atom stereocenters. The Kier molecular flexibility index (Phi) is 8.54. The second-order valence-electron chi connectivity index (χ2n) is 18.8. The predicted molar refractivity (Wildman–Crippen MR) is 281 cm³/mol. The Morgan fingerprint density at radius 1 is 0.439 bits per heavy atom. The summed E-state index contributed by atoms with van der Waals surface area (Å²) in [5.41, 5.74) is 23.9. The Bertz CT molecular complexity index is 3700. The molecule has 1 atom stereocenters. The van der Waals surface area contributed by atoms with Gasteiger partial charge in [0.1, 0.15) is 0 Å². The summed E-state index contributed by atoms with van der Waals surface area (Å²) in [7, 11) is 0. The molecule has 66 heavy (non-hydrogen) atoms. The van der Waals surface area contributed by atoms with Crippen LogP contribution in [-0.2, 0) is 10.8 Å². The third-order valence-electron chi connectivity index (χ3n) is 15.0. The van der Waals surface area contributed by atoms with Gasteiger partial charge in [-0.1, -0.05) is 190 Å². The summed E-state index contributed by atoms with van der Waals surface area (Å²) < 4.78 is 2.71. The summed E-state index contributed by atoms with van der Waals surface area (Å²) in [5, 5.41) is 2.66. The summed E-state index contributed by atoms with van der Waals surface area (Å²) in [6.45, 7) is 9.20. The highest BCUT2D eigenvalue weighted by Crippen LogP contribution is 2.66. The van der Waals surface area contributed by atoms with Crippen LogP contribution in [0.4, 0.5) is 11.4 Å². The van der Waals surface area contributed by atoms with Crippen molar-refractivity contribution in [3.05, 3.63) is 257 Å². The van der Waals surface area contributed by atoms with Crippen molar-refractivity contribution < 1.29 is 0 Å². The Balaban J connectivity index is 1.04. The number of hydrogen-bond donors (Lipinski definition) is 0. The van der Waals surface area contributed by atoms with Crippen LogP contribution < -0.4 is 4.90 Å². The Hall–Kier alpha value is -7.52. The first kappa shape index (κ1) is 38.9. The zero-order valence-corrected chi connectivity index (χ0v) is 38.4. The van der Waals surface area contributed by atoms with Crippen molar-refractivity contribution >= 4 is 48.5 Å². The minimum absolute atomic E-state index is 0.127. The molecule has 2 heteroatoms. The van der Waals surface area contributed by atoms with E-state index in [0.717, 1.165) is 17.1 Å². The van der Waals surface area contributed by atoms with Crippen LogP contribution in [0.2, 0.25) is 0 Å². The molecule has 3 aliphatic rings. The second kappa shape index (κ2) is 14.5. The number of allylic oxidation sites excluding steroid dienone is 4. The highest BCUT2D eigenvalue weighted by molar-refractivity contribution is 7.26. The molecule has 0 radical (unpaired) electrons. The fraction of sp³-hybridized carbons (Fsp3) is 0.0938. The van der Waals surface area contributed by atoms with Gasteiger partial charge in [-0.3, -0.25) is 0 Å². The van der Waals surface area contributed by atoms with E-state index in [1.54, 1.807) is 0 Å². The molecule has 1 heterocycles. The summed E-state index contributed by atoms with van der Waals surface area (Å²) >= 11 is 1.95. The van der Waals surface area contributed by atoms with Crippen LogP contribution in [0.3, 0.4) is 0 Å². The lowest BCUT2D eigenvalue weighted by Crippen LogP contribution is -2.26. The number of thiophene rings is 1. The molecule has 10 aromatic rings. The summed E-state index contributed by atoms with van der Waals surface area (Å²) in [6, 6.07) is 75.2. The zero-order valence-electron chi connectivity index (χ0n) is 37.6. The maximum atomic E-state index is 2.46. The van der Waals surface area contributed by atoms with E-state index in [-0.39, 0.29) is 5.41 Å². The summed E-state index contributed by atoms with van der Waals surface area (Å²) in [5.74, 6) is 0. The van der Waals surface area contributed by atoms with Gasteiger partial charge in [-0.2, -0.15) is 0 Å². The van der Waals surface area contributed by atoms with Crippen molar-refractivity contribution in [1.29, 1.82) is 0 Å². The molecule has 0 saturated carbocycles. The normalized spacial score (nSPS) is 16.2. The first-order valence-corrected chi connectivity index (χ1v) is 24.0. The minimum Gasteiger partial charge on any atom is -0.314 e. The van der Waals surface area contributed by atoms with Crippen molar-refractivity contribution in [2.75, 3.05) is 4.90 Å². The third-order valence-corrected chi connectivity index (χ3v) is 16.2. The highest BCUT2D eigenvalue weighted by Gasteiger charge is 2.54. The molecule has 0 fully saturated rings. The smallest absolute Gasteiger partial charge is 0.0745 e. The maximum absolute atomic E-state index is 2.46. The Labute approximate surface area is 391 Å². The molecule has 0 saturated heterocycles. The Morgan fingerprint density at radius 3 is 1.79 bits per heavy atom. The molecule has 0 aliphatic heterocycles. The highest BCUT2D eigenvalue weighted by atomic mass is 32.1. The fourth-order valence-corrected chi connectivity index (χ4v) is 13.3. The van der Waals surface area contributed by atoms with Crippen LogP contribution >= 0.6 is 11.3 Å². The number of anilines is 2. The van der Waals surface area contributed by atoms with E-state index in [9.17, 15) is 0 Å². The molecule has 1 aromatic heterocycles. The minimum atomic E-state index is -0.513. The molecule has 3 aliphatic carbocycles. The first-order valence-electron chi connectivity index (χ1n) is 23.2. The van der Waals surface area contributed by atoms with E-state index in [2.05, 4.69) is 245 Å². The molecule has 13 rings (SSSR count). The topological polar surface area (TPSA) is 3.24 Å². The van der Waals surface area contributed by atoms with Crippen molar-refractivity contribution in [2.24, 2.45) is 0 Å². The van der Waals surface area contributed by atoms with E-state index >= 15 is 0 Å². The fourth-order valence-electron chi connectivity index (χ4n) is 12.0. The maximum Gasteiger partial charge on any atom is 0.0745 e. The number of hydrogen-bond acceptors (Lipinski definition) is 2. The lowest BCUT2D eigenvalue weighted by Gasteiger charge is -2.33. The van der Waals surface area contributed by atoms with Crippen LogP contribution in [0.1, 0.15) is 66.6 Å². The van der Waals surface area contributed by atoms with Crippen LogP contribution in [0.25, 0.3) is 70.3 Å². The largest absolute Gasteiger partial charge is 0.314 e. The van der Waals surface area contributed by atoms with Gasteiger partial charge in [0.25, 0.3) is 0 Å². The van der Waals surface area contributed by atoms with E-state index in [1.807, 2.05) is 11.3 Å². The monoisotopic (exact) mass is 861 g/mol. The number of benzene rings is 9. The molecular formula is C64H47NS. The lowest BCUT2D eigenvalue weighted by atomic mass is 9.68. The number of rotatable bonds is 6. The molecule has 0 bridgehead atoms.